The number of carbonyl (C=O) groups is 2. The Bertz CT molecular complexity index is 1270. The number of nitrogens with zero attached hydrogens (tertiary/aromatic N) is 1. The molecule has 0 fully saturated rings. The van der Waals surface area contributed by atoms with Crippen molar-refractivity contribution in [3.8, 4) is 11.5 Å². The van der Waals surface area contributed by atoms with Gasteiger partial charge < -0.3 is 19.7 Å². The maximum atomic E-state index is 13.9. The van der Waals surface area contributed by atoms with Crippen molar-refractivity contribution < 1.29 is 19.1 Å². The summed E-state index contributed by atoms with van der Waals surface area (Å²) in [5, 5.41) is 3.95. The molecule has 3 aromatic rings. The van der Waals surface area contributed by atoms with Crippen molar-refractivity contribution in [2.45, 2.75) is 58.2 Å². The summed E-state index contributed by atoms with van der Waals surface area (Å²) >= 11 is 13.0. The van der Waals surface area contributed by atoms with Crippen LogP contribution in [0.3, 0.4) is 0 Å². The van der Waals surface area contributed by atoms with Crippen LogP contribution >= 0.6 is 23.2 Å². The molecule has 2 amide bonds. The number of benzene rings is 3. The zero-order valence-electron chi connectivity index (χ0n) is 21.8. The highest BCUT2D eigenvalue weighted by Gasteiger charge is 2.33. The van der Waals surface area contributed by atoms with Crippen LogP contribution < -0.4 is 14.8 Å². The lowest BCUT2D eigenvalue weighted by molar-refractivity contribution is -0.141. The minimum absolute atomic E-state index is 0.105. The molecule has 0 saturated heterocycles. The SMILES string of the molecule is CC(C)(C)NC(=O)C(Cc1ccccc1)N(Cc1c(Cl)cccc1Cl)C(=O)CCc1ccc2c(c1)OCO2. The second-order valence-corrected chi connectivity index (χ2v) is 11.2. The highest BCUT2D eigenvalue weighted by atomic mass is 35.5. The number of rotatable bonds is 9. The van der Waals surface area contributed by atoms with E-state index in [9.17, 15) is 9.59 Å². The first kappa shape index (κ1) is 27.8. The van der Waals surface area contributed by atoms with Gasteiger partial charge in [0.2, 0.25) is 18.6 Å². The topological polar surface area (TPSA) is 67.9 Å². The van der Waals surface area contributed by atoms with Gasteiger partial charge in [-0.2, -0.15) is 0 Å². The summed E-state index contributed by atoms with van der Waals surface area (Å²) < 4.78 is 10.9. The quantitative estimate of drug-likeness (QED) is 0.341. The molecule has 0 radical (unpaired) electrons. The van der Waals surface area contributed by atoms with E-state index in [1.165, 1.54) is 0 Å². The van der Waals surface area contributed by atoms with Gasteiger partial charge in [-0.1, -0.05) is 65.7 Å². The average Bonchev–Trinajstić information content (AvgIpc) is 3.34. The van der Waals surface area contributed by atoms with Gasteiger partial charge in [0.25, 0.3) is 0 Å². The molecule has 0 aliphatic carbocycles. The zero-order valence-corrected chi connectivity index (χ0v) is 23.3. The smallest absolute Gasteiger partial charge is 0.243 e. The van der Waals surface area contributed by atoms with Crippen molar-refractivity contribution in [2.75, 3.05) is 6.79 Å². The van der Waals surface area contributed by atoms with E-state index in [1.807, 2.05) is 69.3 Å². The molecular formula is C30H32Cl2N2O4. The number of halogens is 2. The summed E-state index contributed by atoms with van der Waals surface area (Å²) in [4.78, 5) is 29.2. The largest absolute Gasteiger partial charge is 0.454 e. The minimum atomic E-state index is -0.770. The molecule has 1 unspecified atom stereocenters. The first-order valence-electron chi connectivity index (χ1n) is 12.6. The standard InChI is InChI=1S/C30H32Cl2N2O4/c1-30(2,3)33-29(36)25(16-20-8-5-4-6-9-20)34(18-22-23(31)10-7-11-24(22)32)28(35)15-13-21-12-14-26-27(17-21)38-19-37-26/h4-12,14,17,25H,13,15-16,18-19H2,1-3H3,(H,33,36). The number of carbonyl (C=O) groups excluding carboxylic acids is 2. The Kier molecular flexibility index (Phi) is 8.85. The monoisotopic (exact) mass is 554 g/mol. The van der Waals surface area contributed by atoms with E-state index in [1.54, 1.807) is 23.1 Å². The molecule has 38 heavy (non-hydrogen) atoms. The third-order valence-corrected chi connectivity index (χ3v) is 6.93. The summed E-state index contributed by atoms with van der Waals surface area (Å²) in [6.07, 6.45) is 1.01. The van der Waals surface area contributed by atoms with Gasteiger partial charge in [0.05, 0.1) is 0 Å². The van der Waals surface area contributed by atoms with Gasteiger partial charge >= 0.3 is 0 Å². The fourth-order valence-corrected chi connectivity index (χ4v) is 4.87. The Balaban J connectivity index is 1.65. The van der Waals surface area contributed by atoms with Crippen LogP contribution in [0.5, 0.6) is 11.5 Å². The van der Waals surface area contributed by atoms with Crippen LogP contribution in [0.15, 0.2) is 66.7 Å². The van der Waals surface area contributed by atoms with Gasteiger partial charge in [0.1, 0.15) is 6.04 Å². The fraction of sp³-hybridized carbons (Fsp3) is 0.333. The molecule has 8 heteroatoms. The lowest BCUT2D eigenvalue weighted by Gasteiger charge is -2.34. The second kappa shape index (κ2) is 12.1. The van der Waals surface area contributed by atoms with Gasteiger partial charge in [-0.25, -0.2) is 0 Å². The number of hydrogen-bond donors (Lipinski definition) is 1. The molecule has 4 rings (SSSR count). The molecule has 1 N–H and O–H groups in total. The van der Waals surface area contributed by atoms with Crippen LogP contribution in [0, 0.1) is 0 Å². The molecule has 200 valence electrons. The molecule has 6 nitrogen and oxygen atoms in total. The van der Waals surface area contributed by atoms with Crippen molar-refractivity contribution in [3.05, 3.63) is 93.5 Å². The minimum Gasteiger partial charge on any atom is -0.454 e. The van der Waals surface area contributed by atoms with E-state index in [2.05, 4.69) is 5.32 Å². The molecule has 0 bridgehead atoms. The van der Waals surface area contributed by atoms with Crippen molar-refractivity contribution >= 4 is 35.0 Å². The third-order valence-electron chi connectivity index (χ3n) is 6.22. The Morgan fingerprint density at radius 2 is 1.61 bits per heavy atom. The molecule has 1 heterocycles. The predicted molar refractivity (Wildman–Crippen MR) is 150 cm³/mol. The molecule has 1 atom stereocenters. The van der Waals surface area contributed by atoms with Gasteiger partial charge in [0.15, 0.2) is 11.5 Å². The van der Waals surface area contributed by atoms with E-state index in [0.29, 0.717) is 39.9 Å². The van der Waals surface area contributed by atoms with Crippen molar-refractivity contribution in [3.63, 3.8) is 0 Å². The highest BCUT2D eigenvalue weighted by molar-refractivity contribution is 6.36. The third kappa shape index (κ3) is 7.21. The lowest BCUT2D eigenvalue weighted by Crippen LogP contribution is -2.54. The van der Waals surface area contributed by atoms with Gasteiger partial charge in [-0.05, 0) is 62.6 Å². The second-order valence-electron chi connectivity index (χ2n) is 10.4. The summed E-state index contributed by atoms with van der Waals surface area (Å²) in [6.45, 7) is 6.05. The molecule has 0 saturated carbocycles. The molecule has 0 aromatic heterocycles. The van der Waals surface area contributed by atoms with Crippen molar-refractivity contribution in [2.24, 2.45) is 0 Å². The Morgan fingerprint density at radius 3 is 2.29 bits per heavy atom. The van der Waals surface area contributed by atoms with E-state index >= 15 is 0 Å². The number of hydrogen-bond acceptors (Lipinski definition) is 4. The molecule has 1 aliphatic heterocycles. The van der Waals surface area contributed by atoms with E-state index in [0.717, 1.165) is 11.1 Å². The first-order chi connectivity index (χ1) is 18.1. The maximum Gasteiger partial charge on any atom is 0.243 e. The lowest BCUT2D eigenvalue weighted by atomic mass is 9.99. The highest BCUT2D eigenvalue weighted by Crippen LogP contribution is 2.33. The van der Waals surface area contributed by atoms with Gasteiger partial charge in [-0.3, -0.25) is 9.59 Å². The Morgan fingerprint density at radius 1 is 0.921 bits per heavy atom. The van der Waals surface area contributed by atoms with E-state index in [4.69, 9.17) is 32.7 Å². The maximum absolute atomic E-state index is 13.9. The zero-order chi connectivity index (χ0) is 27.3. The Labute approximate surface area is 233 Å². The van der Waals surface area contributed by atoms with E-state index in [-0.39, 0.29) is 31.6 Å². The number of amides is 2. The van der Waals surface area contributed by atoms with Crippen LogP contribution in [0.2, 0.25) is 10.0 Å². The fourth-order valence-electron chi connectivity index (χ4n) is 4.35. The molecular weight excluding hydrogens is 523 g/mol. The summed E-state index contributed by atoms with van der Waals surface area (Å²) in [5.74, 6) is 0.947. The normalized spacial score (nSPS) is 13.2. The number of aryl methyl sites for hydroxylation is 1. The van der Waals surface area contributed by atoms with Crippen LogP contribution in [0.4, 0.5) is 0 Å². The first-order valence-corrected chi connectivity index (χ1v) is 13.3. The summed E-state index contributed by atoms with van der Waals surface area (Å²) in [5.41, 5.74) is 2.02. The van der Waals surface area contributed by atoms with Crippen LogP contribution in [0.25, 0.3) is 0 Å². The summed E-state index contributed by atoms with van der Waals surface area (Å²) in [7, 11) is 0. The molecule has 1 aliphatic rings. The van der Waals surface area contributed by atoms with Crippen molar-refractivity contribution in [1.82, 2.24) is 10.2 Å². The van der Waals surface area contributed by atoms with Crippen molar-refractivity contribution in [1.29, 1.82) is 0 Å². The van der Waals surface area contributed by atoms with Crippen LogP contribution in [-0.4, -0.2) is 35.1 Å². The van der Waals surface area contributed by atoms with Gasteiger partial charge in [0, 0.05) is 40.5 Å². The predicted octanol–water partition coefficient (Wildman–Crippen LogP) is 6.21. The summed E-state index contributed by atoms with van der Waals surface area (Å²) in [6, 6.07) is 19.8. The number of ether oxygens (including phenoxy) is 2. The average molecular weight is 556 g/mol. The number of fused-ring (bicyclic) bond motifs is 1. The van der Waals surface area contributed by atoms with Gasteiger partial charge in [-0.15, -0.1) is 0 Å². The van der Waals surface area contributed by atoms with E-state index < -0.39 is 11.6 Å². The van der Waals surface area contributed by atoms with Crippen LogP contribution in [0.1, 0.15) is 43.9 Å². The number of nitrogens with one attached hydrogen (secondary N) is 1. The molecule has 0 spiro atoms. The Hall–Kier alpha value is -3.22. The van der Waals surface area contributed by atoms with Crippen LogP contribution in [-0.2, 0) is 29.0 Å². The molecule has 3 aromatic carbocycles.